The summed E-state index contributed by atoms with van der Waals surface area (Å²) in [5.41, 5.74) is 4.78. The number of hydrogen-bond donors (Lipinski definition) is 2. The van der Waals surface area contributed by atoms with Crippen molar-refractivity contribution in [3.8, 4) is 16.4 Å². The molecule has 4 rings (SSSR count). The first-order chi connectivity index (χ1) is 14.0. The van der Waals surface area contributed by atoms with Crippen LogP contribution < -0.4 is 5.32 Å². The number of aliphatic hydroxyl groups is 1. The molecule has 0 aliphatic heterocycles. The van der Waals surface area contributed by atoms with Gasteiger partial charge in [0.25, 0.3) is 0 Å². The molecule has 148 valence electrons. The molecule has 0 spiro atoms. The summed E-state index contributed by atoms with van der Waals surface area (Å²) in [7, 11) is 0. The minimum Gasteiger partial charge on any atom is -0.396 e. The van der Waals surface area contributed by atoms with Crippen LogP contribution in [-0.4, -0.2) is 31.5 Å². The van der Waals surface area contributed by atoms with E-state index in [9.17, 15) is 9.50 Å². The summed E-state index contributed by atoms with van der Waals surface area (Å²) in [6, 6.07) is 8.41. The number of benzene rings is 1. The standard InChI is InChI=1S/C21H20FN5OS/c1-13-11-15(22)3-4-17(13)25-20-16(6-9-28)19(12-14(2)24-20)27-8-5-18(26-27)21-23-7-10-29-21/h3-5,7-8,10-12,28H,6,9H2,1-2H3,(H,24,25). The smallest absolute Gasteiger partial charge is 0.143 e. The topological polar surface area (TPSA) is 75.9 Å². The third-order valence-electron chi connectivity index (χ3n) is 4.52. The van der Waals surface area contributed by atoms with E-state index in [-0.39, 0.29) is 12.4 Å². The van der Waals surface area contributed by atoms with E-state index in [1.165, 1.54) is 23.5 Å². The number of rotatable bonds is 6. The largest absolute Gasteiger partial charge is 0.396 e. The number of anilines is 2. The lowest BCUT2D eigenvalue weighted by Crippen LogP contribution is -2.10. The van der Waals surface area contributed by atoms with Crippen molar-refractivity contribution in [2.45, 2.75) is 20.3 Å². The Morgan fingerprint density at radius 2 is 2.07 bits per heavy atom. The Kier molecular flexibility index (Phi) is 5.37. The molecule has 6 nitrogen and oxygen atoms in total. The fourth-order valence-corrected chi connectivity index (χ4v) is 3.77. The Morgan fingerprint density at radius 3 is 2.79 bits per heavy atom. The SMILES string of the molecule is Cc1cc(-n2ccc(-c3nccs3)n2)c(CCO)c(Nc2ccc(F)cc2C)n1. The van der Waals surface area contributed by atoms with Crippen LogP contribution in [0, 0.1) is 19.7 Å². The minimum absolute atomic E-state index is 0.0323. The maximum atomic E-state index is 13.5. The average Bonchev–Trinajstić information content (AvgIpc) is 3.37. The van der Waals surface area contributed by atoms with E-state index >= 15 is 0 Å². The van der Waals surface area contributed by atoms with Crippen LogP contribution in [0.4, 0.5) is 15.9 Å². The molecule has 3 heterocycles. The van der Waals surface area contributed by atoms with Gasteiger partial charge in [-0.2, -0.15) is 5.10 Å². The van der Waals surface area contributed by atoms with Crippen molar-refractivity contribution >= 4 is 22.8 Å². The lowest BCUT2D eigenvalue weighted by molar-refractivity contribution is 0.299. The number of aliphatic hydroxyl groups excluding tert-OH is 1. The van der Waals surface area contributed by atoms with Crippen LogP contribution in [0.15, 0.2) is 48.1 Å². The fraction of sp³-hybridized carbons (Fsp3) is 0.190. The van der Waals surface area contributed by atoms with Crippen molar-refractivity contribution in [1.82, 2.24) is 19.7 Å². The van der Waals surface area contributed by atoms with E-state index in [4.69, 9.17) is 0 Å². The first-order valence-electron chi connectivity index (χ1n) is 9.15. The van der Waals surface area contributed by atoms with Gasteiger partial charge in [-0.3, -0.25) is 0 Å². The Hall–Kier alpha value is -3.10. The number of hydrogen-bond acceptors (Lipinski definition) is 6. The van der Waals surface area contributed by atoms with Gasteiger partial charge in [0.1, 0.15) is 22.3 Å². The molecule has 29 heavy (non-hydrogen) atoms. The highest BCUT2D eigenvalue weighted by Crippen LogP contribution is 2.29. The van der Waals surface area contributed by atoms with Gasteiger partial charge in [0.2, 0.25) is 0 Å². The van der Waals surface area contributed by atoms with Crippen LogP contribution in [0.5, 0.6) is 0 Å². The molecule has 1 aromatic carbocycles. The Bertz CT molecular complexity index is 1140. The number of pyridine rings is 1. The van der Waals surface area contributed by atoms with Gasteiger partial charge >= 0.3 is 0 Å². The molecule has 0 aliphatic carbocycles. The van der Waals surface area contributed by atoms with E-state index in [0.717, 1.165) is 38.9 Å². The molecule has 0 unspecified atom stereocenters. The predicted octanol–water partition coefficient (Wildman–Crippen LogP) is 4.43. The number of nitrogens with one attached hydrogen (secondary N) is 1. The summed E-state index contributed by atoms with van der Waals surface area (Å²) in [6.07, 6.45) is 4.02. The molecule has 0 radical (unpaired) electrons. The normalized spacial score (nSPS) is 11.0. The summed E-state index contributed by atoms with van der Waals surface area (Å²) in [4.78, 5) is 8.93. The molecule has 0 bridgehead atoms. The Balaban J connectivity index is 1.78. The Labute approximate surface area is 171 Å². The van der Waals surface area contributed by atoms with E-state index in [1.54, 1.807) is 16.9 Å². The monoisotopic (exact) mass is 409 g/mol. The molecule has 0 saturated heterocycles. The second-order valence-electron chi connectivity index (χ2n) is 6.65. The lowest BCUT2D eigenvalue weighted by Gasteiger charge is -2.17. The van der Waals surface area contributed by atoms with Crippen LogP contribution in [-0.2, 0) is 6.42 Å². The van der Waals surface area contributed by atoms with Crippen molar-refractivity contribution in [3.63, 3.8) is 0 Å². The van der Waals surface area contributed by atoms with Gasteiger partial charge in [0.05, 0.1) is 5.69 Å². The highest BCUT2D eigenvalue weighted by molar-refractivity contribution is 7.13. The van der Waals surface area contributed by atoms with Crippen molar-refractivity contribution < 1.29 is 9.50 Å². The third kappa shape index (κ3) is 4.03. The zero-order chi connectivity index (χ0) is 20.4. The summed E-state index contributed by atoms with van der Waals surface area (Å²) in [5.74, 6) is 0.336. The molecule has 3 aromatic heterocycles. The molecule has 4 aromatic rings. The second-order valence-corrected chi connectivity index (χ2v) is 7.55. The summed E-state index contributed by atoms with van der Waals surface area (Å²) in [6.45, 7) is 3.71. The molecule has 0 aliphatic rings. The molecule has 2 N–H and O–H groups in total. The van der Waals surface area contributed by atoms with Crippen LogP contribution >= 0.6 is 11.3 Å². The summed E-state index contributed by atoms with van der Waals surface area (Å²) >= 11 is 1.53. The number of aryl methyl sites for hydroxylation is 2. The van der Waals surface area contributed by atoms with Gasteiger partial charge in [-0.05, 0) is 49.7 Å². The van der Waals surface area contributed by atoms with Crippen molar-refractivity contribution in [3.05, 3.63) is 70.7 Å². The second kappa shape index (κ2) is 8.10. The van der Waals surface area contributed by atoms with Crippen LogP contribution in [0.25, 0.3) is 16.4 Å². The lowest BCUT2D eigenvalue weighted by atomic mass is 10.1. The molecule has 0 amide bonds. The fourth-order valence-electron chi connectivity index (χ4n) is 3.17. The molecule has 0 fully saturated rings. The zero-order valence-corrected chi connectivity index (χ0v) is 16.9. The van der Waals surface area contributed by atoms with E-state index in [2.05, 4.69) is 20.4 Å². The molecule has 0 saturated carbocycles. The van der Waals surface area contributed by atoms with Crippen LogP contribution in [0.1, 0.15) is 16.8 Å². The van der Waals surface area contributed by atoms with Gasteiger partial charge in [0.15, 0.2) is 0 Å². The molecule has 0 atom stereocenters. The number of nitrogens with zero attached hydrogens (tertiary/aromatic N) is 4. The van der Waals surface area contributed by atoms with E-state index in [0.29, 0.717) is 12.2 Å². The van der Waals surface area contributed by atoms with Crippen molar-refractivity contribution in [2.24, 2.45) is 0 Å². The third-order valence-corrected chi connectivity index (χ3v) is 5.32. The molecular weight excluding hydrogens is 389 g/mol. The summed E-state index contributed by atoms with van der Waals surface area (Å²) < 4.78 is 15.2. The number of aromatic nitrogens is 4. The quantitative estimate of drug-likeness (QED) is 0.493. The Morgan fingerprint density at radius 1 is 1.21 bits per heavy atom. The zero-order valence-electron chi connectivity index (χ0n) is 16.1. The summed E-state index contributed by atoms with van der Waals surface area (Å²) in [5, 5.41) is 20.4. The average molecular weight is 409 g/mol. The van der Waals surface area contributed by atoms with Gasteiger partial charge in [-0.25, -0.2) is 19.0 Å². The van der Waals surface area contributed by atoms with Crippen LogP contribution in [0.2, 0.25) is 0 Å². The van der Waals surface area contributed by atoms with Crippen molar-refractivity contribution in [2.75, 3.05) is 11.9 Å². The minimum atomic E-state index is -0.284. The maximum absolute atomic E-state index is 13.5. The van der Waals surface area contributed by atoms with E-state index in [1.807, 2.05) is 37.6 Å². The number of thiazole rings is 1. The van der Waals surface area contributed by atoms with Gasteiger partial charge in [-0.1, -0.05) is 0 Å². The van der Waals surface area contributed by atoms with Gasteiger partial charge in [0, 0.05) is 47.7 Å². The van der Waals surface area contributed by atoms with Crippen molar-refractivity contribution in [1.29, 1.82) is 0 Å². The maximum Gasteiger partial charge on any atom is 0.143 e. The highest BCUT2D eigenvalue weighted by Gasteiger charge is 2.16. The van der Waals surface area contributed by atoms with Gasteiger partial charge < -0.3 is 10.4 Å². The first-order valence-corrected chi connectivity index (χ1v) is 10.0. The van der Waals surface area contributed by atoms with E-state index < -0.39 is 0 Å². The molecule has 8 heteroatoms. The predicted molar refractivity (Wildman–Crippen MR) is 112 cm³/mol. The first kappa shape index (κ1) is 19.2. The molecular formula is C21H20FN5OS. The van der Waals surface area contributed by atoms with Gasteiger partial charge in [-0.15, -0.1) is 11.3 Å². The van der Waals surface area contributed by atoms with Crippen LogP contribution in [0.3, 0.4) is 0 Å². The number of halogens is 1. The highest BCUT2D eigenvalue weighted by atomic mass is 32.1.